The maximum Gasteiger partial charge on any atom is 0.408 e. The monoisotopic (exact) mass is 280 g/mol. The molecular weight excluding hydrogens is 269 g/mol. The molecule has 3 rings (SSSR count). The van der Waals surface area contributed by atoms with Gasteiger partial charge in [-0.2, -0.15) is 18.3 Å². The Balaban J connectivity index is 1.89. The van der Waals surface area contributed by atoms with Gasteiger partial charge in [-0.3, -0.25) is 14.7 Å². The van der Waals surface area contributed by atoms with Gasteiger partial charge in [0.2, 0.25) is 0 Å². The largest absolute Gasteiger partial charge is 0.408 e. The molecule has 7 heteroatoms. The molecule has 0 saturated heterocycles. The quantitative estimate of drug-likeness (QED) is 0.848. The molecule has 2 aromatic heterocycles. The lowest BCUT2D eigenvalue weighted by atomic mass is 10.0. The van der Waals surface area contributed by atoms with Crippen molar-refractivity contribution in [3.05, 3.63) is 35.9 Å². The molecule has 0 aromatic carbocycles. The van der Waals surface area contributed by atoms with Crippen LogP contribution in [0.15, 0.2) is 29.6 Å². The minimum absolute atomic E-state index is 0.614. The Hall–Kier alpha value is -2.18. The minimum atomic E-state index is -4.27. The Morgan fingerprint density at radius 2 is 2.05 bits per heavy atom. The lowest BCUT2D eigenvalue weighted by Crippen LogP contribution is -2.17. The van der Waals surface area contributed by atoms with Crippen molar-refractivity contribution in [2.75, 3.05) is 6.54 Å². The van der Waals surface area contributed by atoms with Crippen LogP contribution in [-0.4, -0.2) is 33.7 Å². The zero-order valence-corrected chi connectivity index (χ0v) is 10.4. The van der Waals surface area contributed by atoms with Gasteiger partial charge >= 0.3 is 6.18 Å². The fourth-order valence-electron chi connectivity index (χ4n) is 2.10. The highest BCUT2D eigenvalue weighted by atomic mass is 19.4. The van der Waals surface area contributed by atoms with Gasteiger partial charge in [-0.05, 0) is 6.07 Å². The Morgan fingerprint density at radius 1 is 1.20 bits per heavy atom. The number of fused-ring (bicyclic) bond motifs is 1. The topological polar surface area (TPSA) is 43.1 Å². The summed E-state index contributed by atoms with van der Waals surface area (Å²) in [6, 6.07) is 1.87. The van der Waals surface area contributed by atoms with Crippen molar-refractivity contribution in [2.24, 2.45) is 4.99 Å². The number of hydrogen-bond acceptors (Lipinski definition) is 3. The van der Waals surface area contributed by atoms with E-state index in [1.807, 2.05) is 6.07 Å². The first-order valence-corrected chi connectivity index (χ1v) is 6.09. The molecule has 0 bridgehead atoms. The molecule has 0 spiro atoms. The molecule has 0 amide bonds. The molecular formula is C13H11F3N4. The van der Waals surface area contributed by atoms with Gasteiger partial charge in [0.15, 0.2) is 0 Å². The summed E-state index contributed by atoms with van der Waals surface area (Å²) >= 11 is 0. The number of nitrogens with zero attached hydrogens (tertiary/aromatic N) is 4. The molecule has 2 aromatic rings. The molecule has 3 heterocycles. The van der Waals surface area contributed by atoms with Crippen LogP contribution in [-0.2, 0) is 13.0 Å². The van der Waals surface area contributed by atoms with Crippen molar-refractivity contribution in [3.63, 3.8) is 0 Å². The average molecular weight is 280 g/mol. The Morgan fingerprint density at radius 3 is 2.85 bits per heavy atom. The predicted octanol–water partition coefficient (Wildman–Crippen LogP) is 2.48. The molecule has 0 unspecified atom stereocenters. The zero-order chi connectivity index (χ0) is 14.2. The second kappa shape index (κ2) is 4.73. The summed E-state index contributed by atoms with van der Waals surface area (Å²) in [5.41, 5.74) is 3.23. The first kappa shape index (κ1) is 12.8. The van der Waals surface area contributed by atoms with Gasteiger partial charge in [-0.25, -0.2) is 0 Å². The van der Waals surface area contributed by atoms with E-state index in [-0.39, 0.29) is 0 Å². The molecule has 0 atom stereocenters. The van der Waals surface area contributed by atoms with Crippen molar-refractivity contribution in [1.82, 2.24) is 14.8 Å². The summed E-state index contributed by atoms with van der Waals surface area (Å²) in [4.78, 5) is 8.50. The molecule has 1 aliphatic heterocycles. The summed E-state index contributed by atoms with van der Waals surface area (Å²) in [6.45, 7) is -0.365. The van der Waals surface area contributed by atoms with Crippen molar-refractivity contribution in [3.8, 4) is 11.1 Å². The maximum atomic E-state index is 12.3. The second-order valence-corrected chi connectivity index (χ2v) is 4.59. The third kappa shape index (κ3) is 2.71. The smallest absolute Gasteiger partial charge is 0.292 e. The highest BCUT2D eigenvalue weighted by molar-refractivity contribution is 5.84. The molecule has 0 fully saturated rings. The Bertz CT molecular complexity index is 658. The summed E-state index contributed by atoms with van der Waals surface area (Å²) in [7, 11) is 0. The standard InChI is InChI=1S/C13H11F3N4/c14-13(15,16)8-20-7-11(6-19-20)9-3-10-4-17-2-1-12(10)18-5-9/h3-7H,1-2,8H2. The van der Waals surface area contributed by atoms with E-state index in [9.17, 15) is 13.2 Å². The second-order valence-electron chi connectivity index (χ2n) is 4.59. The molecule has 0 radical (unpaired) electrons. The average Bonchev–Trinajstić information content (AvgIpc) is 2.84. The summed E-state index contributed by atoms with van der Waals surface area (Å²) in [6.07, 6.45) is 2.71. The maximum absolute atomic E-state index is 12.3. The van der Waals surface area contributed by atoms with Crippen LogP contribution >= 0.6 is 0 Å². The summed E-state index contributed by atoms with van der Waals surface area (Å²) in [5.74, 6) is 0. The van der Waals surface area contributed by atoms with Crippen LogP contribution < -0.4 is 0 Å². The van der Waals surface area contributed by atoms with Gasteiger partial charge in [0.1, 0.15) is 6.54 Å². The third-order valence-electron chi connectivity index (χ3n) is 3.02. The normalized spacial score (nSPS) is 14.3. The van der Waals surface area contributed by atoms with E-state index in [1.54, 1.807) is 12.4 Å². The van der Waals surface area contributed by atoms with Crippen molar-refractivity contribution < 1.29 is 13.2 Å². The number of hydrogen-bond donors (Lipinski definition) is 0. The van der Waals surface area contributed by atoms with E-state index in [0.29, 0.717) is 5.56 Å². The van der Waals surface area contributed by atoms with Crippen LogP contribution in [0.5, 0.6) is 0 Å². The molecule has 20 heavy (non-hydrogen) atoms. The van der Waals surface area contributed by atoms with E-state index in [1.165, 1.54) is 12.4 Å². The lowest BCUT2D eigenvalue weighted by molar-refractivity contribution is -0.142. The minimum Gasteiger partial charge on any atom is -0.292 e. The van der Waals surface area contributed by atoms with Crippen LogP contribution in [0.3, 0.4) is 0 Å². The lowest BCUT2D eigenvalue weighted by Gasteiger charge is -2.09. The number of halogens is 3. The van der Waals surface area contributed by atoms with E-state index >= 15 is 0 Å². The van der Waals surface area contributed by atoms with E-state index in [2.05, 4.69) is 15.1 Å². The van der Waals surface area contributed by atoms with Crippen molar-refractivity contribution in [1.29, 1.82) is 0 Å². The van der Waals surface area contributed by atoms with Crippen LogP contribution in [0.1, 0.15) is 11.3 Å². The molecule has 4 nitrogen and oxygen atoms in total. The first-order valence-electron chi connectivity index (χ1n) is 6.09. The van der Waals surface area contributed by atoms with Gasteiger partial charge in [-0.15, -0.1) is 0 Å². The fourth-order valence-corrected chi connectivity index (χ4v) is 2.10. The van der Waals surface area contributed by atoms with Crippen molar-refractivity contribution >= 4 is 6.21 Å². The van der Waals surface area contributed by atoms with Crippen LogP contribution in [0.25, 0.3) is 11.1 Å². The SMILES string of the molecule is FC(F)(F)Cn1cc(-c2cnc3c(c2)C=NCC3)cn1. The van der Waals surface area contributed by atoms with Crippen molar-refractivity contribution in [2.45, 2.75) is 19.1 Å². The highest BCUT2D eigenvalue weighted by Gasteiger charge is 2.28. The van der Waals surface area contributed by atoms with Gasteiger partial charge in [0, 0.05) is 48.3 Å². The Labute approximate surface area is 113 Å². The number of aromatic nitrogens is 3. The van der Waals surface area contributed by atoms with Gasteiger partial charge < -0.3 is 0 Å². The molecule has 0 aliphatic carbocycles. The fraction of sp³-hybridized carbons (Fsp3) is 0.308. The first-order chi connectivity index (χ1) is 9.51. The molecule has 0 N–H and O–H groups in total. The van der Waals surface area contributed by atoms with Crippen LogP contribution in [0.2, 0.25) is 0 Å². The number of rotatable bonds is 2. The highest BCUT2D eigenvalue weighted by Crippen LogP contribution is 2.23. The zero-order valence-electron chi connectivity index (χ0n) is 10.4. The van der Waals surface area contributed by atoms with Gasteiger partial charge in [-0.1, -0.05) is 0 Å². The third-order valence-corrected chi connectivity index (χ3v) is 3.02. The summed E-state index contributed by atoms with van der Waals surface area (Å²) < 4.78 is 37.7. The summed E-state index contributed by atoms with van der Waals surface area (Å²) in [5, 5.41) is 3.73. The molecule has 1 aliphatic rings. The molecule has 104 valence electrons. The number of aliphatic imine (C=N–C) groups is 1. The van der Waals surface area contributed by atoms with E-state index in [4.69, 9.17) is 0 Å². The number of pyridine rings is 1. The number of alkyl halides is 3. The van der Waals surface area contributed by atoms with Gasteiger partial charge in [0.05, 0.1) is 11.9 Å². The molecule has 0 saturated carbocycles. The van der Waals surface area contributed by atoms with E-state index < -0.39 is 12.7 Å². The van der Waals surface area contributed by atoms with Crippen LogP contribution in [0, 0.1) is 0 Å². The van der Waals surface area contributed by atoms with Crippen LogP contribution in [0.4, 0.5) is 13.2 Å². The van der Waals surface area contributed by atoms with E-state index in [0.717, 1.165) is 34.5 Å². The predicted molar refractivity (Wildman–Crippen MR) is 67.7 cm³/mol. The Kier molecular flexibility index (Phi) is 3.04. The van der Waals surface area contributed by atoms with Gasteiger partial charge in [0.25, 0.3) is 0 Å².